The van der Waals surface area contributed by atoms with E-state index in [1.807, 2.05) is 29.3 Å². The molecule has 1 saturated heterocycles. The third-order valence-electron chi connectivity index (χ3n) is 6.27. The second-order valence-electron chi connectivity index (χ2n) is 8.41. The van der Waals surface area contributed by atoms with Gasteiger partial charge < -0.3 is 20.5 Å². The van der Waals surface area contributed by atoms with Crippen LogP contribution in [0.25, 0.3) is 10.9 Å². The molecule has 2 fully saturated rings. The maximum absolute atomic E-state index is 12.7. The molecule has 6 nitrogen and oxygen atoms in total. The average Bonchev–Trinajstić information content (AvgIpc) is 3.49. The van der Waals surface area contributed by atoms with Gasteiger partial charge in [0.1, 0.15) is 0 Å². The van der Waals surface area contributed by atoms with Crippen molar-refractivity contribution in [2.45, 2.75) is 51.5 Å². The number of likely N-dealkylation sites (tertiary alicyclic amines) is 1. The SMILES string of the molecule is CCNC(=NCCc1c[nH]c2ccc(Cl)cc12)NC1CCN(C(=O)C2CCCC2)C1.I. The third kappa shape index (κ3) is 6.06. The standard InChI is InChI=1S/C23H32ClN5O.HI/c1-2-25-23(26-11-9-17-14-27-21-8-7-18(24)13-20(17)21)28-19-10-12-29(15-19)22(30)16-5-3-4-6-16;/h7-8,13-14,16,19,27H,2-6,9-12,15H2,1H3,(H2,25,26,28);1H. The molecule has 1 unspecified atom stereocenters. The van der Waals surface area contributed by atoms with Crippen LogP contribution in [-0.4, -0.2) is 54.0 Å². The zero-order chi connectivity index (χ0) is 20.9. The van der Waals surface area contributed by atoms with Gasteiger partial charge in [-0.15, -0.1) is 24.0 Å². The van der Waals surface area contributed by atoms with Gasteiger partial charge in [0.25, 0.3) is 0 Å². The van der Waals surface area contributed by atoms with Crippen molar-refractivity contribution in [2.24, 2.45) is 10.9 Å². The van der Waals surface area contributed by atoms with Crippen LogP contribution in [0.2, 0.25) is 5.02 Å². The van der Waals surface area contributed by atoms with Crippen molar-refractivity contribution in [3.63, 3.8) is 0 Å². The molecule has 1 atom stereocenters. The maximum atomic E-state index is 12.7. The highest BCUT2D eigenvalue weighted by atomic mass is 127. The van der Waals surface area contributed by atoms with Crippen molar-refractivity contribution in [2.75, 3.05) is 26.2 Å². The molecule has 1 aromatic carbocycles. The molecule has 8 heteroatoms. The number of nitrogens with one attached hydrogen (secondary N) is 3. The van der Waals surface area contributed by atoms with Crippen molar-refractivity contribution < 1.29 is 4.79 Å². The summed E-state index contributed by atoms with van der Waals surface area (Å²) in [6.07, 6.45) is 8.39. The highest BCUT2D eigenvalue weighted by Gasteiger charge is 2.32. The van der Waals surface area contributed by atoms with Gasteiger partial charge >= 0.3 is 0 Å². The summed E-state index contributed by atoms with van der Waals surface area (Å²) in [6.45, 7) is 5.20. The number of carbonyl (C=O) groups excluding carboxylic acids is 1. The first-order valence-electron chi connectivity index (χ1n) is 11.2. The number of carbonyl (C=O) groups is 1. The molecule has 4 rings (SSSR count). The first-order valence-corrected chi connectivity index (χ1v) is 11.6. The van der Waals surface area contributed by atoms with E-state index in [1.165, 1.54) is 18.4 Å². The lowest BCUT2D eigenvalue weighted by Gasteiger charge is -2.21. The fourth-order valence-electron chi connectivity index (χ4n) is 4.67. The first-order chi connectivity index (χ1) is 14.6. The number of hydrogen-bond acceptors (Lipinski definition) is 2. The summed E-state index contributed by atoms with van der Waals surface area (Å²) in [6, 6.07) is 6.18. The van der Waals surface area contributed by atoms with E-state index in [0.717, 1.165) is 67.2 Å². The lowest BCUT2D eigenvalue weighted by molar-refractivity contribution is -0.134. The fourth-order valence-corrected chi connectivity index (χ4v) is 4.84. The van der Waals surface area contributed by atoms with E-state index in [4.69, 9.17) is 16.6 Å². The van der Waals surface area contributed by atoms with Crippen LogP contribution in [0.5, 0.6) is 0 Å². The molecule has 1 aliphatic heterocycles. The van der Waals surface area contributed by atoms with Gasteiger partial charge in [-0.1, -0.05) is 24.4 Å². The Bertz CT molecular complexity index is 909. The quantitative estimate of drug-likeness (QED) is 0.281. The summed E-state index contributed by atoms with van der Waals surface area (Å²) >= 11 is 6.15. The molecule has 2 heterocycles. The van der Waals surface area contributed by atoms with Crippen LogP contribution in [0.3, 0.4) is 0 Å². The number of hydrogen-bond donors (Lipinski definition) is 3. The minimum Gasteiger partial charge on any atom is -0.361 e. The van der Waals surface area contributed by atoms with Gasteiger partial charge in [-0.3, -0.25) is 9.79 Å². The van der Waals surface area contributed by atoms with Crippen LogP contribution in [0.15, 0.2) is 29.4 Å². The molecule has 0 bridgehead atoms. The van der Waals surface area contributed by atoms with Crippen molar-refractivity contribution >= 4 is 58.3 Å². The summed E-state index contributed by atoms with van der Waals surface area (Å²) in [5.41, 5.74) is 2.32. The zero-order valence-corrected chi connectivity index (χ0v) is 21.2. The molecule has 2 aliphatic rings. The van der Waals surface area contributed by atoms with Gasteiger partial charge in [-0.2, -0.15) is 0 Å². The van der Waals surface area contributed by atoms with Crippen LogP contribution in [0.1, 0.15) is 44.6 Å². The van der Waals surface area contributed by atoms with Gasteiger partial charge in [0, 0.05) is 60.3 Å². The Hall–Kier alpha value is -1.48. The molecule has 0 spiro atoms. The van der Waals surface area contributed by atoms with Gasteiger partial charge in [-0.25, -0.2) is 0 Å². The molecule has 2 aromatic rings. The van der Waals surface area contributed by atoms with Crippen LogP contribution in [0.4, 0.5) is 0 Å². The number of amides is 1. The number of rotatable bonds is 6. The third-order valence-corrected chi connectivity index (χ3v) is 6.51. The summed E-state index contributed by atoms with van der Waals surface area (Å²) in [7, 11) is 0. The van der Waals surface area contributed by atoms with Crippen molar-refractivity contribution in [1.29, 1.82) is 0 Å². The lowest BCUT2D eigenvalue weighted by atomic mass is 10.1. The number of fused-ring (bicyclic) bond motifs is 1. The Morgan fingerprint density at radius 3 is 2.87 bits per heavy atom. The van der Waals surface area contributed by atoms with Crippen LogP contribution in [0, 0.1) is 5.92 Å². The lowest BCUT2D eigenvalue weighted by Crippen LogP contribution is -2.45. The number of benzene rings is 1. The van der Waals surface area contributed by atoms with Crippen LogP contribution >= 0.6 is 35.6 Å². The van der Waals surface area contributed by atoms with Crippen LogP contribution < -0.4 is 10.6 Å². The Morgan fingerprint density at radius 1 is 1.29 bits per heavy atom. The van der Waals surface area contributed by atoms with Crippen molar-refractivity contribution in [3.8, 4) is 0 Å². The van der Waals surface area contributed by atoms with E-state index in [-0.39, 0.29) is 35.9 Å². The van der Waals surface area contributed by atoms with Crippen LogP contribution in [-0.2, 0) is 11.2 Å². The van der Waals surface area contributed by atoms with Gasteiger partial charge in [0.05, 0.1) is 0 Å². The van der Waals surface area contributed by atoms with Gasteiger partial charge in [0.15, 0.2) is 5.96 Å². The number of aromatic nitrogens is 1. The summed E-state index contributed by atoms with van der Waals surface area (Å²) in [4.78, 5) is 22.8. The summed E-state index contributed by atoms with van der Waals surface area (Å²) in [5, 5.41) is 8.79. The Balaban J connectivity index is 0.00000272. The second kappa shape index (κ2) is 11.4. The van der Waals surface area contributed by atoms with Crippen molar-refractivity contribution in [1.82, 2.24) is 20.5 Å². The molecule has 1 saturated carbocycles. The summed E-state index contributed by atoms with van der Waals surface area (Å²) < 4.78 is 0. The molecular formula is C23H33ClIN5O. The van der Waals surface area contributed by atoms with E-state index < -0.39 is 0 Å². The first kappa shape index (κ1) is 24.2. The molecule has 31 heavy (non-hydrogen) atoms. The van der Waals surface area contributed by atoms with Gasteiger partial charge in [-0.05, 0) is 56.4 Å². The average molecular weight is 558 g/mol. The Kier molecular flexibility index (Phi) is 8.89. The maximum Gasteiger partial charge on any atom is 0.225 e. The van der Waals surface area contributed by atoms with E-state index in [9.17, 15) is 4.79 Å². The number of H-pyrrole nitrogens is 1. The molecule has 170 valence electrons. The monoisotopic (exact) mass is 557 g/mol. The predicted octanol–water partition coefficient (Wildman–Crippen LogP) is 4.33. The molecule has 0 radical (unpaired) electrons. The van der Waals surface area contributed by atoms with Crippen molar-refractivity contribution in [3.05, 3.63) is 35.0 Å². The minimum atomic E-state index is 0. The zero-order valence-electron chi connectivity index (χ0n) is 18.1. The Labute approximate surface area is 206 Å². The molecule has 1 amide bonds. The summed E-state index contributed by atoms with van der Waals surface area (Å²) in [5.74, 6) is 1.45. The van der Waals surface area contributed by atoms with E-state index in [1.54, 1.807) is 0 Å². The number of guanidine groups is 1. The highest BCUT2D eigenvalue weighted by Crippen LogP contribution is 2.28. The Morgan fingerprint density at radius 2 is 2.10 bits per heavy atom. The topological polar surface area (TPSA) is 72.5 Å². The number of nitrogens with zero attached hydrogens (tertiary/aromatic N) is 2. The van der Waals surface area contributed by atoms with E-state index in [2.05, 4.69) is 22.5 Å². The minimum absolute atomic E-state index is 0. The highest BCUT2D eigenvalue weighted by molar-refractivity contribution is 14.0. The van der Waals surface area contributed by atoms with Gasteiger partial charge in [0.2, 0.25) is 5.91 Å². The normalized spacial score (nSPS) is 19.6. The largest absolute Gasteiger partial charge is 0.361 e. The number of aromatic amines is 1. The van der Waals surface area contributed by atoms with E-state index in [0.29, 0.717) is 12.5 Å². The number of aliphatic imine (C=N–C) groups is 1. The number of halogens is 2. The molecular weight excluding hydrogens is 525 g/mol. The molecule has 1 aliphatic carbocycles. The second-order valence-corrected chi connectivity index (χ2v) is 8.85. The molecule has 1 aromatic heterocycles. The predicted molar refractivity (Wildman–Crippen MR) is 138 cm³/mol. The fraction of sp³-hybridized carbons (Fsp3) is 0.565. The van der Waals surface area contributed by atoms with E-state index >= 15 is 0 Å². The molecule has 3 N–H and O–H groups in total. The smallest absolute Gasteiger partial charge is 0.225 e.